The number of imide groups is 1. The molecule has 1 atom stereocenters. The fourth-order valence-corrected chi connectivity index (χ4v) is 3.91. The third kappa shape index (κ3) is 2.31. The number of carbonyl (C=O) groups excluding carboxylic acids is 3. The highest BCUT2D eigenvalue weighted by Crippen LogP contribution is 2.35. The molecule has 0 spiro atoms. The third-order valence-corrected chi connectivity index (χ3v) is 5.25. The van der Waals surface area contributed by atoms with Gasteiger partial charge in [-0.15, -0.1) is 0 Å². The fourth-order valence-electron chi connectivity index (χ4n) is 3.54. The van der Waals surface area contributed by atoms with Crippen molar-refractivity contribution in [2.75, 3.05) is 6.54 Å². The SMILES string of the molecule is O=C1CCC(CN2C(=O)c3ccccc3C2=O)c2cc(Br)ccc21. The minimum absolute atomic E-state index is 0.0163. The highest BCUT2D eigenvalue weighted by atomic mass is 79.9. The van der Waals surface area contributed by atoms with Crippen LogP contribution < -0.4 is 0 Å². The Morgan fingerprint density at radius 3 is 2.29 bits per heavy atom. The Bertz CT molecular complexity index is 855. The van der Waals surface area contributed by atoms with Crippen LogP contribution in [0.4, 0.5) is 0 Å². The molecule has 1 heterocycles. The second kappa shape index (κ2) is 5.67. The van der Waals surface area contributed by atoms with Gasteiger partial charge in [0.25, 0.3) is 11.8 Å². The van der Waals surface area contributed by atoms with Gasteiger partial charge in [0.05, 0.1) is 11.1 Å². The van der Waals surface area contributed by atoms with Gasteiger partial charge in [0, 0.05) is 28.9 Å². The first-order valence-electron chi connectivity index (χ1n) is 7.84. The van der Waals surface area contributed by atoms with Crippen LogP contribution in [-0.4, -0.2) is 29.0 Å². The molecule has 0 N–H and O–H groups in total. The van der Waals surface area contributed by atoms with Crippen molar-refractivity contribution in [1.82, 2.24) is 4.90 Å². The van der Waals surface area contributed by atoms with Crippen molar-refractivity contribution in [1.29, 1.82) is 0 Å². The molecule has 0 saturated carbocycles. The van der Waals surface area contributed by atoms with E-state index in [-0.39, 0.29) is 23.5 Å². The summed E-state index contributed by atoms with van der Waals surface area (Å²) in [6, 6.07) is 12.5. The number of nitrogens with zero attached hydrogens (tertiary/aromatic N) is 1. The number of hydrogen-bond acceptors (Lipinski definition) is 3. The number of halogens is 1. The van der Waals surface area contributed by atoms with E-state index in [2.05, 4.69) is 15.9 Å². The van der Waals surface area contributed by atoms with Crippen molar-refractivity contribution in [2.45, 2.75) is 18.8 Å². The molecule has 4 nitrogen and oxygen atoms in total. The molecule has 2 aliphatic rings. The summed E-state index contributed by atoms with van der Waals surface area (Å²) in [5.41, 5.74) is 2.54. The normalized spacial score (nSPS) is 19.5. The second-order valence-electron chi connectivity index (χ2n) is 6.16. The molecule has 2 aromatic carbocycles. The lowest BCUT2D eigenvalue weighted by Gasteiger charge is -2.28. The lowest BCUT2D eigenvalue weighted by Crippen LogP contribution is -2.35. The number of fused-ring (bicyclic) bond motifs is 2. The van der Waals surface area contributed by atoms with Gasteiger partial charge in [-0.25, -0.2) is 0 Å². The van der Waals surface area contributed by atoms with E-state index in [1.807, 2.05) is 18.2 Å². The molecule has 120 valence electrons. The van der Waals surface area contributed by atoms with Crippen molar-refractivity contribution in [2.24, 2.45) is 0 Å². The summed E-state index contributed by atoms with van der Waals surface area (Å²) in [6.45, 7) is 0.309. The van der Waals surface area contributed by atoms with Crippen molar-refractivity contribution < 1.29 is 14.4 Å². The first-order valence-corrected chi connectivity index (χ1v) is 8.63. The summed E-state index contributed by atoms with van der Waals surface area (Å²) < 4.78 is 0.892. The van der Waals surface area contributed by atoms with E-state index >= 15 is 0 Å². The Labute approximate surface area is 147 Å². The average Bonchev–Trinajstić information content (AvgIpc) is 2.82. The smallest absolute Gasteiger partial charge is 0.261 e. The lowest BCUT2D eigenvalue weighted by atomic mass is 9.82. The maximum Gasteiger partial charge on any atom is 0.261 e. The number of Topliss-reactive ketones (excluding diaryl/α,β-unsaturated/α-hetero) is 1. The zero-order chi connectivity index (χ0) is 16.8. The van der Waals surface area contributed by atoms with Crippen LogP contribution in [0, 0.1) is 0 Å². The number of carbonyl (C=O) groups is 3. The van der Waals surface area contributed by atoms with E-state index in [0.717, 1.165) is 10.0 Å². The molecule has 0 radical (unpaired) electrons. The van der Waals surface area contributed by atoms with Gasteiger partial charge in [0.1, 0.15) is 0 Å². The number of amides is 2. The van der Waals surface area contributed by atoms with Crippen LogP contribution in [0.25, 0.3) is 0 Å². The van der Waals surface area contributed by atoms with Gasteiger partial charge in [-0.3, -0.25) is 19.3 Å². The predicted octanol–water partition coefficient (Wildman–Crippen LogP) is 3.81. The molecule has 4 rings (SSSR count). The van der Waals surface area contributed by atoms with E-state index in [1.54, 1.807) is 24.3 Å². The standard InChI is InChI=1S/C19H14BrNO3/c20-12-6-7-13-16(9-12)11(5-8-17(13)22)10-21-18(23)14-3-1-2-4-15(14)19(21)24/h1-4,6-7,9,11H,5,8,10H2. The maximum absolute atomic E-state index is 12.6. The molecule has 1 aliphatic heterocycles. The van der Waals surface area contributed by atoms with E-state index < -0.39 is 0 Å². The number of ketones is 1. The highest BCUT2D eigenvalue weighted by molar-refractivity contribution is 9.10. The van der Waals surface area contributed by atoms with Gasteiger partial charge in [-0.2, -0.15) is 0 Å². The van der Waals surface area contributed by atoms with E-state index in [1.165, 1.54) is 4.90 Å². The van der Waals surface area contributed by atoms with Gasteiger partial charge in [0.2, 0.25) is 0 Å². The van der Waals surface area contributed by atoms with Crippen molar-refractivity contribution >= 4 is 33.5 Å². The van der Waals surface area contributed by atoms with Crippen molar-refractivity contribution in [3.8, 4) is 0 Å². The van der Waals surface area contributed by atoms with Crippen molar-refractivity contribution in [3.05, 3.63) is 69.2 Å². The fraction of sp³-hybridized carbons (Fsp3) is 0.211. The topological polar surface area (TPSA) is 54.5 Å². The molecular weight excluding hydrogens is 370 g/mol. The van der Waals surface area contributed by atoms with E-state index in [9.17, 15) is 14.4 Å². The highest BCUT2D eigenvalue weighted by Gasteiger charge is 2.38. The van der Waals surface area contributed by atoms with Crippen molar-refractivity contribution in [3.63, 3.8) is 0 Å². The van der Waals surface area contributed by atoms with Crippen LogP contribution in [0.2, 0.25) is 0 Å². The Hall–Kier alpha value is -2.27. The quantitative estimate of drug-likeness (QED) is 0.740. The Morgan fingerprint density at radius 2 is 1.62 bits per heavy atom. The molecule has 1 aliphatic carbocycles. The molecule has 2 amide bonds. The Kier molecular flexibility index (Phi) is 3.61. The molecule has 24 heavy (non-hydrogen) atoms. The summed E-state index contributed by atoms with van der Waals surface area (Å²) in [6.07, 6.45) is 1.10. The van der Waals surface area contributed by atoms with Gasteiger partial charge >= 0.3 is 0 Å². The van der Waals surface area contributed by atoms with Gasteiger partial charge in [0.15, 0.2) is 5.78 Å². The largest absolute Gasteiger partial charge is 0.294 e. The Morgan fingerprint density at radius 1 is 0.958 bits per heavy atom. The second-order valence-corrected chi connectivity index (χ2v) is 7.07. The summed E-state index contributed by atoms with van der Waals surface area (Å²) in [7, 11) is 0. The molecule has 0 fully saturated rings. The number of rotatable bonds is 2. The third-order valence-electron chi connectivity index (χ3n) is 4.75. The maximum atomic E-state index is 12.6. The monoisotopic (exact) mass is 383 g/mol. The minimum Gasteiger partial charge on any atom is -0.294 e. The Balaban J connectivity index is 1.67. The number of hydrogen-bond donors (Lipinski definition) is 0. The van der Waals surface area contributed by atoms with E-state index in [4.69, 9.17) is 0 Å². The molecule has 1 unspecified atom stereocenters. The van der Waals surface area contributed by atoms with Crippen LogP contribution in [0.15, 0.2) is 46.9 Å². The molecule has 0 aromatic heterocycles. The minimum atomic E-state index is -0.246. The molecule has 2 aromatic rings. The van der Waals surface area contributed by atoms with Crippen LogP contribution in [0.5, 0.6) is 0 Å². The van der Waals surface area contributed by atoms with Crippen LogP contribution >= 0.6 is 15.9 Å². The summed E-state index contributed by atoms with van der Waals surface area (Å²) in [4.78, 5) is 38.5. The lowest BCUT2D eigenvalue weighted by molar-refractivity contribution is 0.0641. The zero-order valence-corrected chi connectivity index (χ0v) is 14.4. The van der Waals surface area contributed by atoms with Crippen LogP contribution in [0.3, 0.4) is 0 Å². The summed E-state index contributed by atoms with van der Waals surface area (Å²) in [5.74, 6) is -0.387. The zero-order valence-electron chi connectivity index (χ0n) is 12.8. The van der Waals surface area contributed by atoms with Crippen LogP contribution in [-0.2, 0) is 0 Å². The molecule has 0 saturated heterocycles. The molecule has 5 heteroatoms. The average molecular weight is 384 g/mol. The summed E-state index contributed by atoms with van der Waals surface area (Å²) in [5, 5.41) is 0. The first kappa shape index (κ1) is 15.3. The number of benzene rings is 2. The van der Waals surface area contributed by atoms with Gasteiger partial charge in [-0.1, -0.05) is 34.1 Å². The van der Waals surface area contributed by atoms with Gasteiger partial charge < -0.3 is 0 Å². The predicted molar refractivity (Wildman–Crippen MR) is 92.3 cm³/mol. The van der Waals surface area contributed by atoms with Crippen LogP contribution in [0.1, 0.15) is 55.4 Å². The first-order chi connectivity index (χ1) is 11.6. The van der Waals surface area contributed by atoms with Gasteiger partial charge in [-0.05, 0) is 36.2 Å². The molecular formula is C19H14BrNO3. The summed E-state index contributed by atoms with van der Waals surface area (Å²) >= 11 is 3.44. The van der Waals surface area contributed by atoms with E-state index in [0.29, 0.717) is 36.1 Å². The molecule has 0 bridgehead atoms.